The first-order valence-electron chi connectivity index (χ1n) is 32.2. The maximum atomic E-state index is 13.2. The molecule has 6 atom stereocenters. The summed E-state index contributed by atoms with van der Waals surface area (Å²) in [6, 6.07) is 0. The van der Waals surface area contributed by atoms with Crippen molar-refractivity contribution in [2.45, 2.75) is 276 Å². The third kappa shape index (κ3) is 46.9. The molecule has 6 unspecified atom stereocenters. The predicted molar refractivity (Wildman–Crippen MR) is 340 cm³/mol. The van der Waals surface area contributed by atoms with Crippen LogP contribution in [0.15, 0.2) is 134 Å². The third-order valence-electron chi connectivity index (χ3n) is 13.7. The van der Waals surface area contributed by atoms with Crippen LogP contribution in [0.2, 0.25) is 0 Å². The number of allylic oxidation sites excluding steroid dienone is 22. The van der Waals surface area contributed by atoms with E-state index in [0.717, 1.165) is 89.9 Å². The number of rotatable bonds is 53. The highest BCUT2D eigenvalue weighted by Gasteiger charge is 2.50. The van der Waals surface area contributed by atoms with E-state index < -0.39 is 67.3 Å². The van der Waals surface area contributed by atoms with Gasteiger partial charge in [0.15, 0.2) is 24.6 Å². The van der Waals surface area contributed by atoms with E-state index >= 15 is 0 Å². The van der Waals surface area contributed by atoms with Gasteiger partial charge in [-0.15, -0.1) is 0 Å². The summed E-state index contributed by atoms with van der Waals surface area (Å²) in [4.78, 5) is 51.3. The van der Waals surface area contributed by atoms with Crippen LogP contribution in [0, 0.1) is 0 Å². The average Bonchev–Trinajstić information content (AvgIpc) is 3.59. The van der Waals surface area contributed by atoms with Crippen LogP contribution in [-0.2, 0) is 42.9 Å². The van der Waals surface area contributed by atoms with Crippen molar-refractivity contribution in [3.05, 3.63) is 134 Å². The van der Waals surface area contributed by atoms with Gasteiger partial charge in [-0.05, 0) is 122 Å². The van der Waals surface area contributed by atoms with Crippen molar-refractivity contribution in [2.75, 3.05) is 13.2 Å². The molecule has 0 radical (unpaired) electrons. The topological polar surface area (TPSA) is 175 Å². The molecular formula is C71H112O12. The molecule has 3 N–H and O–H groups in total. The molecular weight excluding hydrogens is 1040 g/mol. The van der Waals surface area contributed by atoms with Gasteiger partial charge in [0.2, 0.25) is 0 Å². The lowest BCUT2D eigenvalue weighted by Gasteiger charge is -2.40. The first-order chi connectivity index (χ1) is 40.6. The lowest BCUT2D eigenvalue weighted by Crippen LogP contribution is -2.61. The molecule has 0 saturated carbocycles. The molecule has 0 amide bonds. The number of carboxylic acids is 1. The van der Waals surface area contributed by atoms with E-state index in [1.165, 1.54) is 77.0 Å². The molecule has 0 bridgehead atoms. The van der Waals surface area contributed by atoms with Gasteiger partial charge in [-0.25, -0.2) is 4.79 Å². The van der Waals surface area contributed by atoms with Crippen LogP contribution in [-0.4, -0.2) is 89.2 Å². The fourth-order valence-corrected chi connectivity index (χ4v) is 8.85. The smallest absolute Gasteiger partial charge is 0.335 e. The Bertz CT molecular complexity index is 1950. The SMILES string of the molecule is CC/C=C\C/C=C\C/C=C\C/C=C\C/C=C\CCCC(=O)OC(COC(=O)CCCCCCCCCCC/C=C\CCCCCCCC)COC1OC(C(=O)O)C(O)C(O)C1OC(=O)CCC/C=C\C/C=C\C/C=C\C/C=C\C/C=C\CC. The van der Waals surface area contributed by atoms with Crippen LogP contribution in [0.1, 0.15) is 239 Å². The first-order valence-corrected chi connectivity index (χ1v) is 32.2. The number of carbonyl (C=O) groups is 4. The molecule has 0 aliphatic carbocycles. The van der Waals surface area contributed by atoms with E-state index in [9.17, 15) is 34.5 Å². The van der Waals surface area contributed by atoms with Crippen LogP contribution < -0.4 is 0 Å². The molecule has 1 fully saturated rings. The highest BCUT2D eigenvalue weighted by atomic mass is 16.7. The second-order valence-electron chi connectivity index (χ2n) is 21.3. The summed E-state index contributed by atoms with van der Waals surface area (Å²) in [5.41, 5.74) is 0. The maximum Gasteiger partial charge on any atom is 0.335 e. The lowest BCUT2D eigenvalue weighted by molar-refractivity contribution is -0.301. The van der Waals surface area contributed by atoms with E-state index in [-0.39, 0.29) is 25.9 Å². The van der Waals surface area contributed by atoms with Crippen LogP contribution in [0.3, 0.4) is 0 Å². The number of carbonyl (C=O) groups excluding carboxylic acids is 3. The first kappa shape index (κ1) is 75.9. The number of aliphatic hydroxyl groups is 2. The fourth-order valence-electron chi connectivity index (χ4n) is 8.85. The zero-order chi connectivity index (χ0) is 60.3. The number of aliphatic hydroxyl groups excluding tert-OH is 2. The van der Waals surface area contributed by atoms with E-state index in [4.69, 9.17) is 23.7 Å². The predicted octanol–water partition coefficient (Wildman–Crippen LogP) is 17.3. The van der Waals surface area contributed by atoms with Gasteiger partial charge in [0, 0.05) is 19.3 Å². The number of aliphatic carboxylic acids is 1. The number of ether oxygens (including phenoxy) is 5. The Labute approximate surface area is 502 Å². The summed E-state index contributed by atoms with van der Waals surface area (Å²) in [5.74, 6) is -3.29. The number of carboxylic acid groups (broad SMARTS) is 1. The highest BCUT2D eigenvalue weighted by molar-refractivity contribution is 5.74. The quantitative estimate of drug-likeness (QED) is 0.0228. The second-order valence-corrected chi connectivity index (χ2v) is 21.3. The summed E-state index contributed by atoms with van der Waals surface area (Å²) in [7, 11) is 0. The number of hydrogen-bond donors (Lipinski definition) is 3. The molecule has 1 saturated heterocycles. The summed E-state index contributed by atoms with van der Waals surface area (Å²) in [6.07, 6.45) is 68.5. The number of esters is 3. The van der Waals surface area contributed by atoms with Crippen LogP contribution in [0.5, 0.6) is 0 Å². The van der Waals surface area contributed by atoms with Crippen molar-refractivity contribution in [1.82, 2.24) is 0 Å². The Morgan fingerprint density at radius 2 is 0.771 bits per heavy atom. The van der Waals surface area contributed by atoms with Crippen molar-refractivity contribution in [1.29, 1.82) is 0 Å². The van der Waals surface area contributed by atoms with Gasteiger partial charge in [0.05, 0.1) is 6.61 Å². The number of hydrogen-bond acceptors (Lipinski definition) is 11. The summed E-state index contributed by atoms with van der Waals surface area (Å²) in [5, 5.41) is 31.6. The molecule has 468 valence electrons. The molecule has 12 nitrogen and oxygen atoms in total. The fraction of sp³-hybridized carbons (Fsp3) is 0.634. The minimum atomic E-state index is -1.94. The highest BCUT2D eigenvalue weighted by Crippen LogP contribution is 2.26. The molecule has 1 aliphatic heterocycles. The molecule has 0 aromatic heterocycles. The van der Waals surface area contributed by atoms with Crippen molar-refractivity contribution in [2.24, 2.45) is 0 Å². The molecule has 12 heteroatoms. The van der Waals surface area contributed by atoms with E-state index in [1.807, 2.05) is 24.3 Å². The Kier molecular flexibility index (Phi) is 52.4. The van der Waals surface area contributed by atoms with Crippen molar-refractivity contribution < 1.29 is 58.2 Å². The number of unbranched alkanes of at least 4 members (excludes halogenated alkanes) is 17. The zero-order valence-electron chi connectivity index (χ0n) is 51.6. The van der Waals surface area contributed by atoms with Crippen LogP contribution >= 0.6 is 0 Å². The van der Waals surface area contributed by atoms with Crippen molar-refractivity contribution >= 4 is 23.9 Å². The third-order valence-corrected chi connectivity index (χ3v) is 13.7. The zero-order valence-corrected chi connectivity index (χ0v) is 51.6. The van der Waals surface area contributed by atoms with Crippen LogP contribution in [0.25, 0.3) is 0 Å². The van der Waals surface area contributed by atoms with Gasteiger partial charge < -0.3 is 39.0 Å². The normalized spacial score (nSPS) is 18.5. The standard InChI is InChI=1S/C71H112O12/c1-4-7-10-13-16-19-22-25-28-31-32-35-36-39-42-45-48-51-54-57-63(72)79-60-62(81-64(73)58-55-52-49-46-43-40-37-33-29-26-23-20-17-14-11-8-5-2)61-80-71-69(67(76)66(75)68(83-71)70(77)78)82-65(74)59-56-53-50-47-44-41-38-34-30-27-24-21-18-15-12-9-6-3/h8-9,11-12,17-18,20-21,25-30,37-38,40-41,46-47,49-50,62,66-69,71,75-76H,4-7,10,13-16,19,22-24,31-36,39,42-45,48,51-61H2,1-3H3,(H,77,78)/b11-8-,12-9-,20-17-,21-18-,28-25-,29-26-,30-27-,40-37-,41-38-,49-46-,50-47-. The Morgan fingerprint density at radius 3 is 1.20 bits per heavy atom. The molecule has 0 aromatic rings. The summed E-state index contributed by atoms with van der Waals surface area (Å²) < 4.78 is 28.4. The maximum absolute atomic E-state index is 13.2. The molecule has 1 heterocycles. The van der Waals surface area contributed by atoms with E-state index in [0.29, 0.717) is 32.1 Å². The molecule has 83 heavy (non-hydrogen) atoms. The Morgan fingerprint density at radius 1 is 0.410 bits per heavy atom. The van der Waals surface area contributed by atoms with E-state index in [2.05, 4.69) is 130 Å². The molecule has 0 spiro atoms. The minimum absolute atomic E-state index is 0.0315. The Balaban J connectivity index is 2.74. The second kappa shape index (κ2) is 57.3. The molecule has 1 rings (SSSR count). The van der Waals surface area contributed by atoms with Crippen molar-refractivity contribution in [3.8, 4) is 0 Å². The Hall–Kier alpha value is -5.14. The van der Waals surface area contributed by atoms with Gasteiger partial charge in [-0.2, -0.15) is 0 Å². The molecule has 1 aliphatic rings. The monoisotopic (exact) mass is 1160 g/mol. The average molecular weight is 1160 g/mol. The molecule has 0 aromatic carbocycles. The lowest BCUT2D eigenvalue weighted by atomic mass is 9.98. The van der Waals surface area contributed by atoms with Gasteiger partial charge in [0.1, 0.15) is 18.8 Å². The van der Waals surface area contributed by atoms with Crippen LogP contribution in [0.4, 0.5) is 0 Å². The minimum Gasteiger partial charge on any atom is -0.479 e. The van der Waals surface area contributed by atoms with Crippen molar-refractivity contribution in [3.63, 3.8) is 0 Å². The summed E-state index contributed by atoms with van der Waals surface area (Å²) in [6.45, 7) is 5.70. The van der Waals surface area contributed by atoms with Gasteiger partial charge in [0.25, 0.3) is 0 Å². The van der Waals surface area contributed by atoms with E-state index in [1.54, 1.807) is 0 Å². The largest absolute Gasteiger partial charge is 0.479 e. The van der Waals surface area contributed by atoms with Gasteiger partial charge in [-0.3, -0.25) is 14.4 Å². The summed E-state index contributed by atoms with van der Waals surface area (Å²) >= 11 is 0. The van der Waals surface area contributed by atoms with Gasteiger partial charge in [-0.1, -0.05) is 231 Å². The van der Waals surface area contributed by atoms with Gasteiger partial charge >= 0.3 is 23.9 Å².